The lowest BCUT2D eigenvalue weighted by Gasteiger charge is -2.00. The molecule has 0 amide bonds. The highest BCUT2D eigenvalue weighted by Gasteiger charge is 2.16. The first kappa shape index (κ1) is 12.3. The summed E-state index contributed by atoms with van der Waals surface area (Å²) in [5.41, 5.74) is 1.99. The summed E-state index contributed by atoms with van der Waals surface area (Å²) in [6, 6.07) is 8.06. The van der Waals surface area contributed by atoms with E-state index in [-0.39, 0.29) is 0 Å². The highest BCUT2D eigenvalue weighted by Crippen LogP contribution is 2.34. The maximum absolute atomic E-state index is 4.65. The quantitative estimate of drug-likeness (QED) is 0.646. The summed E-state index contributed by atoms with van der Waals surface area (Å²) < 4.78 is 3.80. The zero-order chi connectivity index (χ0) is 12.7. The summed E-state index contributed by atoms with van der Waals surface area (Å²) in [6.45, 7) is 2.10. The standard InChI is InChI=1S/C12H9Br2N3S/c1-2-9-16-17-11(14)10(15-12(17)18-9)7-5-3-4-6-8(7)13/h3-6H,2H2,1H3. The molecule has 0 aliphatic rings. The number of fused-ring (bicyclic) bond motifs is 1. The fourth-order valence-electron chi connectivity index (χ4n) is 1.73. The van der Waals surface area contributed by atoms with Gasteiger partial charge in [0.25, 0.3) is 0 Å². The minimum absolute atomic E-state index is 0.903. The van der Waals surface area contributed by atoms with Gasteiger partial charge in [0.1, 0.15) is 15.3 Å². The Labute approximate surface area is 125 Å². The van der Waals surface area contributed by atoms with Gasteiger partial charge in [-0.2, -0.15) is 9.61 Å². The smallest absolute Gasteiger partial charge is 0.213 e. The topological polar surface area (TPSA) is 30.2 Å². The van der Waals surface area contributed by atoms with Crippen molar-refractivity contribution in [3.63, 3.8) is 0 Å². The molecule has 0 saturated carbocycles. The van der Waals surface area contributed by atoms with Crippen LogP contribution in [-0.2, 0) is 6.42 Å². The van der Waals surface area contributed by atoms with Crippen LogP contribution in [0.1, 0.15) is 11.9 Å². The van der Waals surface area contributed by atoms with Gasteiger partial charge < -0.3 is 0 Å². The molecule has 6 heteroatoms. The molecule has 2 heterocycles. The summed E-state index contributed by atoms with van der Waals surface area (Å²) in [7, 11) is 0. The maximum atomic E-state index is 4.65. The van der Waals surface area contributed by atoms with Crippen LogP contribution in [0.4, 0.5) is 0 Å². The van der Waals surface area contributed by atoms with Gasteiger partial charge in [-0.25, -0.2) is 4.98 Å². The first-order chi connectivity index (χ1) is 8.70. The molecule has 0 spiro atoms. The number of hydrogen-bond donors (Lipinski definition) is 0. The van der Waals surface area contributed by atoms with Crippen molar-refractivity contribution in [2.75, 3.05) is 0 Å². The van der Waals surface area contributed by atoms with Gasteiger partial charge >= 0.3 is 0 Å². The molecule has 0 bridgehead atoms. The molecule has 0 aliphatic carbocycles. The number of hydrogen-bond acceptors (Lipinski definition) is 3. The van der Waals surface area contributed by atoms with Crippen LogP contribution in [-0.4, -0.2) is 14.6 Å². The van der Waals surface area contributed by atoms with Crippen LogP contribution < -0.4 is 0 Å². The fourth-order valence-corrected chi connectivity index (χ4v) is 3.70. The molecule has 0 saturated heterocycles. The molecule has 0 radical (unpaired) electrons. The Hall–Kier alpha value is -0.720. The van der Waals surface area contributed by atoms with Crippen LogP contribution in [0.3, 0.4) is 0 Å². The van der Waals surface area contributed by atoms with E-state index < -0.39 is 0 Å². The van der Waals surface area contributed by atoms with Crippen molar-refractivity contribution in [1.82, 2.24) is 14.6 Å². The molecule has 0 atom stereocenters. The van der Waals surface area contributed by atoms with E-state index in [0.717, 1.165) is 36.7 Å². The molecule has 0 N–H and O–H groups in total. The lowest BCUT2D eigenvalue weighted by atomic mass is 10.2. The number of nitrogens with zero attached hydrogens (tertiary/aromatic N) is 3. The molecular weight excluding hydrogens is 378 g/mol. The normalized spacial score (nSPS) is 11.3. The van der Waals surface area contributed by atoms with E-state index in [4.69, 9.17) is 0 Å². The summed E-state index contributed by atoms with van der Waals surface area (Å²) >= 11 is 8.77. The molecule has 92 valence electrons. The van der Waals surface area contributed by atoms with Crippen molar-refractivity contribution in [3.05, 3.63) is 38.3 Å². The predicted molar refractivity (Wildman–Crippen MR) is 81.1 cm³/mol. The third kappa shape index (κ3) is 1.92. The molecule has 2 aromatic heterocycles. The van der Waals surface area contributed by atoms with E-state index in [9.17, 15) is 0 Å². The SMILES string of the molecule is CCc1nn2c(Br)c(-c3ccccc3Br)nc2s1. The number of benzene rings is 1. The van der Waals surface area contributed by atoms with Crippen molar-refractivity contribution >= 4 is 48.2 Å². The largest absolute Gasteiger partial charge is 0.216 e. The van der Waals surface area contributed by atoms with E-state index in [1.54, 1.807) is 11.3 Å². The van der Waals surface area contributed by atoms with Crippen molar-refractivity contribution < 1.29 is 0 Å². The summed E-state index contributed by atoms with van der Waals surface area (Å²) in [5.74, 6) is 0. The van der Waals surface area contributed by atoms with Crippen LogP contribution in [0.25, 0.3) is 16.2 Å². The van der Waals surface area contributed by atoms with Gasteiger partial charge in [-0.05, 0) is 28.4 Å². The van der Waals surface area contributed by atoms with E-state index in [1.165, 1.54) is 0 Å². The Kier molecular flexibility index (Phi) is 3.25. The van der Waals surface area contributed by atoms with Crippen molar-refractivity contribution in [1.29, 1.82) is 0 Å². The number of imidazole rings is 1. The lowest BCUT2D eigenvalue weighted by Crippen LogP contribution is -1.87. The molecule has 3 aromatic rings. The minimum atomic E-state index is 0.903. The van der Waals surface area contributed by atoms with E-state index in [2.05, 4.69) is 48.9 Å². The first-order valence-corrected chi connectivity index (χ1v) is 7.89. The zero-order valence-corrected chi connectivity index (χ0v) is 13.5. The highest BCUT2D eigenvalue weighted by molar-refractivity contribution is 9.11. The maximum Gasteiger partial charge on any atom is 0.213 e. The van der Waals surface area contributed by atoms with Gasteiger partial charge in [-0.1, -0.05) is 52.4 Å². The Morgan fingerprint density at radius 2 is 2.06 bits per heavy atom. The zero-order valence-electron chi connectivity index (χ0n) is 9.52. The highest BCUT2D eigenvalue weighted by atomic mass is 79.9. The fraction of sp³-hybridized carbons (Fsp3) is 0.167. The molecular formula is C12H9Br2N3S. The van der Waals surface area contributed by atoms with Crippen molar-refractivity contribution in [2.45, 2.75) is 13.3 Å². The van der Waals surface area contributed by atoms with Crippen LogP contribution in [0, 0.1) is 0 Å². The minimum Gasteiger partial charge on any atom is -0.216 e. The van der Waals surface area contributed by atoms with E-state index in [0.29, 0.717) is 0 Å². The summed E-state index contributed by atoms with van der Waals surface area (Å²) in [4.78, 5) is 5.57. The second-order valence-corrected chi connectivity index (χ2v) is 6.42. The average molecular weight is 387 g/mol. The summed E-state index contributed by atoms with van der Waals surface area (Å²) in [5, 5.41) is 5.61. The number of halogens is 2. The van der Waals surface area contributed by atoms with Crippen molar-refractivity contribution in [2.24, 2.45) is 0 Å². The van der Waals surface area contributed by atoms with Crippen LogP contribution in [0.15, 0.2) is 33.3 Å². The Balaban J connectivity index is 2.22. The van der Waals surface area contributed by atoms with Crippen molar-refractivity contribution in [3.8, 4) is 11.3 Å². The number of aryl methyl sites for hydroxylation is 1. The molecule has 0 aliphatic heterocycles. The second-order valence-electron chi connectivity index (χ2n) is 3.77. The first-order valence-electron chi connectivity index (χ1n) is 5.49. The van der Waals surface area contributed by atoms with Gasteiger partial charge in [-0.15, -0.1) is 0 Å². The molecule has 3 nitrogen and oxygen atoms in total. The number of aromatic nitrogens is 3. The third-order valence-corrected chi connectivity index (χ3v) is 5.08. The average Bonchev–Trinajstić information content (AvgIpc) is 2.90. The van der Waals surface area contributed by atoms with E-state index in [1.807, 2.05) is 28.8 Å². The predicted octanol–water partition coefficient (Wildman–Crippen LogP) is 4.55. The van der Waals surface area contributed by atoms with Crippen LogP contribution in [0.2, 0.25) is 0 Å². The van der Waals surface area contributed by atoms with Crippen LogP contribution in [0.5, 0.6) is 0 Å². The Bertz CT molecular complexity index is 717. The molecule has 18 heavy (non-hydrogen) atoms. The summed E-state index contributed by atoms with van der Waals surface area (Å²) in [6.07, 6.45) is 0.935. The Morgan fingerprint density at radius 1 is 1.28 bits per heavy atom. The monoisotopic (exact) mass is 385 g/mol. The molecule has 0 fully saturated rings. The van der Waals surface area contributed by atoms with Gasteiger partial charge in [0.15, 0.2) is 0 Å². The molecule has 1 aromatic carbocycles. The Morgan fingerprint density at radius 3 is 2.72 bits per heavy atom. The van der Waals surface area contributed by atoms with Crippen LogP contribution >= 0.6 is 43.2 Å². The van der Waals surface area contributed by atoms with Gasteiger partial charge in [-0.3, -0.25) is 0 Å². The van der Waals surface area contributed by atoms with Gasteiger partial charge in [0.05, 0.1) is 0 Å². The molecule has 3 rings (SSSR count). The van der Waals surface area contributed by atoms with Gasteiger partial charge in [0.2, 0.25) is 4.96 Å². The van der Waals surface area contributed by atoms with Gasteiger partial charge in [0, 0.05) is 10.0 Å². The van der Waals surface area contributed by atoms with E-state index >= 15 is 0 Å². The third-order valence-electron chi connectivity index (χ3n) is 2.62. The second kappa shape index (κ2) is 4.75. The molecule has 0 unspecified atom stereocenters. The lowest BCUT2D eigenvalue weighted by molar-refractivity contribution is 0.895. The number of rotatable bonds is 2.